The molecule has 3 heterocycles. The third-order valence-corrected chi connectivity index (χ3v) is 6.74. The van der Waals surface area contributed by atoms with Crippen LogP contribution in [0, 0.1) is 12.8 Å². The highest BCUT2D eigenvalue weighted by atomic mass is 32.1. The Labute approximate surface area is 181 Å². The van der Waals surface area contributed by atoms with Gasteiger partial charge in [-0.05, 0) is 55.7 Å². The summed E-state index contributed by atoms with van der Waals surface area (Å²) in [5, 5.41) is 6.59. The number of carbonyl (C=O) groups is 1. The van der Waals surface area contributed by atoms with Crippen LogP contribution in [0.4, 0.5) is 0 Å². The third kappa shape index (κ3) is 4.54. The number of likely N-dealkylation sites (tertiary alicyclic amines) is 1. The van der Waals surface area contributed by atoms with E-state index in [1.54, 1.807) is 28.2 Å². The summed E-state index contributed by atoms with van der Waals surface area (Å²) in [5.74, 6) is 0.236. The molecule has 1 saturated heterocycles. The smallest absolute Gasteiger partial charge is 0.266 e. The predicted molar refractivity (Wildman–Crippen MR) is 121 cm³/mol. The van der Waals surface area contributed by atoms with Crippen LogP contribution in [-0.4, -0.2) is 33.7 Å². The predicted octanol–water partition coefficient (Wildman–Crippen LogP) is 4.32. The molecule has 0 saturated carbocycles. The second-order valence-corrected chi connectivity index (χ2v) is 9.09. The number of carbonyl (C=O) groups excluding carboxylic acids is 1. The minimum Gasteiger partial charge on any atom is -0.342 e. The van der Waals surface area contributed by atoms with Crippen molar-refractivity contribution in [3.05, 3.63) is 75.4 Å². The first-order valence-electron chi connectivity index (χ1n) is 10.5. The van der Waals surface area contributed by atoms with Crippen molar-refractivity contribution in [1.29, 1.82) is 0 Å². The number of amides is 1. The van der Waals surface area contributed by atoms with Crippen LogP contribution >= 0.6 is 11.3 Å². The van der Waals surface area contributed by atoms with Gasteiger partial charge in [0.1, 0.15) is 5.69 Å². The fraction of sp³-hybridized carbons (Fsp3) is 0.375. The molecule has 1 aliphatic rings. The summed E-state index contributed by atoms with van der Waals surface area (Å²) in [4.78, 5) is 28.5. The summed E-state index contributed by atoms with van der Waals surface area (Å²) in [6.45, 7) is 6.03. The highest BCUT2D eigenvalue weighted by Crippen LogP contribution is 2.25. The van der Waals surface area contributed by atoms with Gasteiger partial charge in [-0.1, -0.05) is 35.9 Å². The van der Waals surface area contributed by atoms with Crippen LogP contribution < -0.4 is 5.56 Å². The number of thiophene rings is 1. The van der Waals surface area contributed by atoms with Crippen molar-refractivity contribution in [2.75, 3.05) is 13.1 Å². The minimum atomic E-state index is -0.160. The maximum atomic E-state index is 13.1. The Morgan fingerprint density at radius 2 is 2.00 bits per heavy atom. The van der Waals surface area contributed by atoms with E-state index in [1.165, 1.54) is 5.56 Å². The zero-order chi connectivity index (χ0) is 21.1. The Hall–Kier alpha value is -2.73. The molecule has 0 bridgehead atoms. The molecule has 6 heteroatoms. The lowest BCUT2D eigenvalue weighted by Gasteiger charge is -2.34. The highest BCUT2D eigenvalue weighted by molar-refractivity contribution is 7.13. The molecule has 5 nitrogen and oxygen atoms in total. The summed E-state index contributed by atoms with van der Waals surface area (Å²) in [5.41, 5.74) is 2.97. The molecule has 0 radical (unpaired) electrons. The molecule has 4 rings (SSSR count). The number of nitrogens with zero attached hydrogens (tertiary/aromatic N) is 3. The van der Waals surface area contributed by atoms with Crippen LogP contribution in [0.15, 0.2) is 58.7 Å². The number of aromatic nitrogens is 2. The summed E-state index contributed by atoms with van der Waals surface area (Å²) in [7, 11) is 0. The molecule has 1 amide bonds. The Kier molecular flexibility index (Phi) is 6.13. The summed E-state index contributed by atoms with van der Waals surface area (Å²) >= 11 is 1.61. The van der Waals surface area contributed by atoms with E-state index in [4.69, 9.17) is 0 Å². The van der Waals surface area contributed by atoms with Crippen molar-refractivity contribution >= 4 is 17.2 Å². The van der Waals surface area contributed by atoms with Crippen LogP contribution in [-0.2, 0) is 11.3 Å². The number of hydrogen-bond acceptors (Lipinski definition) is 4. The number of benzene rings is 1. The fourth-order valence-electron chi connectivity index (χ4n) is 4.07. The van der Waals surface area contributed by atoms with Crippen molar-refractivity contribution in [3.8, 4) is 10.6 Å². The lowest BCUT2D eigenvalue weighted by molar-refractivity contribution is -0.134. The standard InChI is InChI=1S/C24H27N3O2S/c1-17-7-9-20(10-8-17)18(2)24(29)26-13-3-5-19(15-26)16-27-23(28)12-11-21(25-27)22-6-4-14-30-22/h4,6-12,14,18-19H,3,5,13,15-16H2,1-2H3/t18-,19-/m1/s1. The summed E-state index contributed by atoms with van der Waals surface area (Å²) in [6.07, 6.45) is 1.95. The van der Waals surface area contributed by atoms with Gasteiger partial charge in [0.15, 0.2) is 0 Å². The number of rotatable bonds is 5. The van der Waals surface area contributed by atoms with Crippen molar-refractivity contribution in [2.24, 2.45) is 5.92 Å². The SMILES string of the molecule is Cc1ccc([C@@H](C)C(=O)N2CCC[C@@H](Cn3nc(-c4cccs4)ccc3=O)C2)cc1. The molecule has 1 aliphatic heterocycles. The van der Waals surface area contributed by atoms with Gasteiger partial charge in [-0.25, -0.2) is 4.68 Å². The Morgan fingerprint density at radius 3 is 2.73 bits per heavy atom. The molecular weight excluding hydrogens is 394 g/mol. The molecular formula is C24H27N3O2S. The van der Waals surface area contributed by atoms with Gasteiger partial charge in [0.2, 0.25) is 5.91 Å². The van der Waals surface area contributed by atoms with Crippen LogP contribution in [0.5, 0.6) is 0 Å². The van der Waals surface area contributed by atoms with Gasteiger partial charge in [-0.3, -0.25) is 9.59 Å². The molecule has 0 unspecified atom stereocenters. The Balaban J connectivity index is 1.45. The minimum absolute atomic E-state index is 0.0909. The lowest BCUT2D eigenvalue weighted by Crippen LogP contribution is -2.43. The first-order valence-corrected chi connectivity index (χ1v) is 11.4. The highest BCUT2D eigenvalue weighted by Gasteiger charge is 2.28. The summed E-state index contributed by atoms with van der Waals surface area (Å²) < 4.78 is 1.57. The van der Waals surface area contributed by atoms with E-state index in [-0.39, 0.29) is 23.3 Å². The number of aryl methyl sites for hydroxylation is 1. The van der Waals surface area contributed by atoms with Crippen LogP contribution in [0.2, 0.25) is 0 Å². The maximum absolute atomic E-state index is 13.1. The third-order valence-electron chi connectivity index (χ3n) is 5.85. The second-order valence-electron chi connectivity index (χ2n) is 8.14. The van der Waals surface area contributed by atoms with E-state index in [1.807, 2.05) is 41.5 Å². The quantitative estimate of drug-likeness (QED) is 0.616. The van der Waals surface area contributed by atoms with Crippen molar-refractivity contribution in [1.82, 2.24) is 14.7 Å². The van der Waals surface area contributed by atoms with Gasteiger partial charge < -0.3 is 4.90 Å². The second kappa shape index (κ2) is 8.96. The monoisotopic (exact) mass is 421 g/mol. The molecule has 0 N–H and O–H groups in total. The maximum Gasteiger partial charge on any atom is 0.266 e. The van der Waals surface area contributed by atoms with E-state index in [0.717, 1.165) is 35.5 Å². The van der Waals surface area contributed by atoms with Crippen LogP contribution in [0.1, 0.15) is 36.8 Å². The van der Waals surface area contributed by atoms with E-state index >= 15 is 0 Å². The van der Waals surface area contributed by atoms with Gasteiger partial charge >= 0.3 is 0 Å². The number of piperidine rings is 1. The molecule has 156 valence electrons. The van der Waals surface area contributed by atoms with Gasteiger partial charge in [-0.2, -0.15) is 5.10 Å². The summed E-state index contributed by atoms with van der Waals surface area (Å²) in [6, 6.07) is 15.6. The molecule has 30 heavy (non-hydrogen) atoms. The Bertz CT molecular complexity index is 1060. The van der Waals surface area contributed by atoms with E-state index in [9.17, 15) is 9.59 Å². The Morgan fingerprint density at radius 1 is 1.20 bits per heavy atom. The van der Waals surface area contributed by atoms with Crippen molar-refractivity contribution < 1.29 is 4.79 Å². The largest absolute Gasteiger partial charge is 0.342 e. The normalized spacial score (nSPS) is 17.7. The zero-order valence-electron chi connectivity index (χ0n) is 17.5. The topological polar surface area (TPSA) is 55.2 Å². The molecule has 3 aromatic rings. The molecule has 1 fully saturated rings. The van der Waals surface area contributed by atoms with E-state index in [0.29, 0.717) is 13.1 Å². The van der Waals surface area contributed by atoms with E-state index in [2.05, 4.69) is 24.2 Å². The molecule has 0 spiro atoms. The molecule has 2 aromatic heterocycles. The zero-order valence-corrected chi connectivity index (χ0v) is 18.3. The van der Waals surface area contributed by atoms with Crippen LogP contribution in [0.3, 0.4) is 0 Å². The van der Waals surface area contributed by atoms with Gasteiger partial charge in [0, 0.05) is 25.7 Å². The van der Waals surface area contributed by atoms with Gasteiger partial charge in [0.25, 0.3) is 5.56 Å². The van der Waals surface area contributed by atoms with Crippen molar-refractivity contribution in [2.45, 2.75) is 39.2 Å². The van der Waals surface area contributed by atoms with E-state index < -0.39 is 0 Å². The van der Waals surface area contributed by atoms with Gasteiger partial charge in [-0.15, -0.1) is 11.3 Å². The van der Waals surface area contributed by atoms with Gasteiger partial charge in [0.05, 0.1) is 10.8 Å². The van der Waals surface area contributed by atoms with Crippen LogP contribution in [0.25, 0.3) is 10.6 Å². The molecule has 2 atom stereocenters. The first-order chi connectivity index (χ1) is 14.5. The average Bonchev–Trinajstić information content (AvgIpc) is 3.30. The number of hydrogen-bond donors (Lipinski definition) is 0. The molecule has 0 aliphatic carbocycles. The van der Waals surface area contributed by atoms with Crippen molar-refractivity contribution in [3.63, 3.8) is 0 Å². The average molecular weight is 422 g/mol. The fourth-order valence-corrected chi connectivity index (χ4v) is 4.76. The first kappa shape index (κ1) is 20.5. The molecule has 1 aromatic carbocycles. The lowest BCUT2D eigenvalue weighted by atomic mass is 9.94.